The van der Waals surface area contributed by atoms with Crippen molar-refractivity contribution in [3.05, 3.63) is 30.3 Å². The molecule has 0 saturated heterocycles. The fourth-order valence-corrected chi connectivity index (χ4v) is 0.698. The Morgan fingerprint density at radius 1 is 0.882 bits per heavy atom. The van der Waals surface area contributed by atoms with Gasteiger partial charge in [-0.15, -0.1) is 0 Å². The van der Waals surface area contributed by atoms with Gasteiger partial charge in [0.15, 0.2) is 12.2 Å². The zero-order chi connectivity index (χ0) is 13.4. The van der Waals surface area contributed by atoms with E-state index in [2.05, 4.69) is 0 Å². The summed E-state index contributed by atoms with van der Waals surface area (Å²) in [7, 11) is 0. The summed E-state index contributed by atoms with van der Waals surface area (Å²) in [5.41, 5.74) is 0. The van der Waals surface area contributed by atoms with Gasteiger partial charge in [-0.25, -0.2) is 9.59 Å². The second-order valence-corrected chi connectivity index (χ2v) is 2.90. The molecule has 1 rings (SSSR count). The van der Waals surface area contributed by atoms with Crippen LogP contribution in [0.4, 0.5) is 0 Å². The highest BCUT2D eigenvalue weighted by atomic mass is 16.4. The molecule has 7 heteroatoms. The molecule has 0 fully saturated rings. The number of para-hydroxylation sites is 1. The number of hydrogen-bond acceptors (Lipinski definition) is 5. The van der Waals surface area contributed by atoms with Gasteiger partial charge in [0.1, 0.15) is 5.75 Å². The van der Waals surface area contributed by atoms with Crippen molar-refractivity contribution in [2.45, 2.75) is 12.2 Å². The molecule has 7 nitrogen and oxygen atoms in total. The number of hydrogen-bond donors (Lipinski definition) is 5. The Morgan fingerprint density at radius 3 is 1.41 bits per heavy atom. The van der Waals surface area contributed by atoms with Gasteiger partial charge < -0.3 is 25.5 Å². The molecule has 0 aliphatic carbocycles. The maximum absolute atomic E-state index is 9.77. The first-order valence-corrected chi connectivity index (χ1v) is 4.42. The van der Waals surface area contributed by atoms with Gasteiger partial charge in [0.2, 0.25) is 0 Å². The van der Waals surface area contributed by atoms with Crippen molar-refractivity contribution in [1.29, 1.82) is 0 Å². The van der Waals surface area contributed by atoms with Crippen LogP contribution in [0.25, 0.3) is 0 Å². The number of carbonyl (C=O) groups is 2. The first-order valence-electron chi connectivity index (χ1n) is 4.42. The minimum absolute atomic E-state index is 0.322. The molecule has 5 N–H and O–H groups in total. The summed E-state index contributed by atoms with van der Waals surface area (Å²) < 4.78 is 0. The zero-order valence-corrected chi connectivity index (χ0v) is 8.59. The normalized spacial score (nSPS) is 12.8. The molecule has 0 saturated carbocycles. The summed E-state index contributed by atoms with van der Waals surface area (Å²) in [5, 5.41) is 41.2. The van der Waals surface area contributed by atoms with Crippen LogP contribution >= 0.6 is 0 Å². The lowest BCUT2D eigenvalue weighted by Crippen LogP contribution is -2.39. The van der Waals surface area contributed by atoms with Crippen LogP contribution in [-0.2, 0) is 9.59 Å². The van der Waals surface area contributed by atoms with Crippen molar-refractivity contribution < 1.29 is 35.1 Å². The van der Waals surface area contributed by atoms with E-state index in [0.717, 1.165) is 0 Å². The van der Waals surface area contributed by atoms with E-state index in [1.807, 2.05) is 6.07 Å². The van der Waals surface area contributed by atoms with Gasteiger partial charge in [0.05, 0.1) is 0 Å². The van der Waals surface area contributed by atoms with Crippen LogP contribution in [-0.4, -0.2) is 49.7 Å². The monoisotopic (exact) mass is 244 g/mol. The van der Waals surface area contributed by atoms with Gasteiger partial charge in [-0.1, -0.05) is 18.2 Å². The van der Waals surface area contributed by atoms with Gasteiger partial charge in [-0.2, -0.15) is 0 Å². The summed E-state index contributed by atoms with van der Waals surface area (Å²) >= 11 is 0. The van der Waals surface area contributed by atoms with E-state index in [0.29, 0.717) is 5.75 Å². The zero-order valence-electron chi connectivity index (χ0n) is 8.59. The van der Waals surface area contributed by atoms with Crippen molar-refractivity contribution in [2.75, 3.05) is 0 Å². The molecule has 1 aromatic carbocycles. The van der Waals surface area contributed by atoms with Gasteiger partial charge in [-0.3, -0.25) is 0 Å². The van der Waals surface area contributed by atoms with Crippen molar-refractivity contribution in [2.24, 2.45) is 0 Å². The number of phenolic OH excluding ortho intramolecular Hbond substituents is 1. The highest BCUT2D eigenvalue weighted by molar-refractivity contribution is 5.83. The lowest BCUT2D eigenvalue weighted by atomic mass is 10.2. The number of phenols is 1. The van der Waals surface area contributed by atoms with Crippen LogP contribution in [0.5, 0.6) is 5.75 Å². The molecule has 0 aromatic heterocycles. The number of carboxylic acid groups (broad SMARTS) is 2. The smallest absolute Gasteiger partial charge is 0.335 e. The predicted molar refractivity (Wildman–Crippen MR) is 55.4 cm³/mol. The van der Waals surface area contributed by atoms with E-state index in [4.69, 9.17) is 25.5 Å². The Labute approximate surface area is 96.2 Å². The van der Waals surface area contributed by atoms with Gasteiger partial charge in [-0.05, 0) is 12.1 Å². The maximum Gasteiger partial charge on any atom is 0.335 e. The second-order valence-electron chi connectivity index (χ2n) is 2.90. The van der Waals surface area contributed by atoms with Gasteiger partial charge in [0.25, 0.3) is 0 Å². The number of carboxylic acids is 2. The van der Waals surface area contributed by atoms with Crippen LogP contribution in [0.3, 0.4) is 0 Å². The minimum atomic E-state index is -2.27. The molecule has 2 atom stereocenters. The number of aliphatic hydroxyl groups excluding tert-OH is 2. The third kappa shape index (κ3) is 6.13. The van der Waals surface area contributed by atoms with Crippen LogP contribution in [0, 0.1) is 0 Å². The van der Waals surface area contributed by atoms with E-state index in [1.165, 1.54) is 0 Å². The average molecular weight is 244 g/mol. The third-order valence-corrected chi connectivity index (χ3v) is 1.56. The van der Waals surface area contributed by atoms with E-state index in [-0.39, 0.29) is 0 Å². The number of benzene rings is 1. The molecule has 0 radical (unpaired) electrons. The Hall–Kier alpha value is -2.12. The van der Waals surface area contributed by atoms with E-state index in [9.17, 15) is 9.59 Å². The van der Waals surface area contributed by atoms with Crippen LogP contribution < -0.4 is 0 Å². The first-order chi connectivity index (χ1) is 7.86. The summed E-state index contributed by atoms with van der Waals surface area (Å²) in [6.45, 7) is 0. The molecule has 94 valence electrons. The van der Waals surface area contributed by atoms with Crippen LogP contribution in [0.1, 0.15) is 0 Å². The molecule has 0 amide bonds. The molecule has 2 unspecified atom stereocenters. The fourth-order valence-electron chi connectivity index (χ4n) is 0.698. The number of aliphatic hydroxyl groups is 2. The Kier molecular flexibility index (Phi) is 6.30. The largest absolute Gasteiger partial charge is 0.508 e. The lowest BCUT2D eigenvalue weighted by molar-refractivity contribution is -0.165. The summed E-state index contributed by atoms with van der Waals surface area (Å²) in [6.07, 6.45) is -4.53. The second kappa shape index (κ2) is 7.20. The fraction of sp³-hybridized carbons (Fsp3) is 0.200. The predicted octanol–water partition coefficient (Wildman–Crippen LogP) is -0.730. The highest BCUT2D eigenvalue weighted by Crippen LogP contribution is 2.02. The molecule has 0 heterocycles. The molecule has 17 heavy (non-hydrogen) atoms. The maximum atomic E-state index is 9.77. The highest BCUT2D eigenvalue weighted by Gasteiger charge is 2.29. The average Bonchev–Trinajstić information content (AvgIpc) is 2.28. The molecule has 0 spiro atoms. The van der Waals surface area contributed by atoms with Crippen molar-refractivity contribution in [3.63, 3.8) is 0 Å². The summed E-state index contributed by atoms with van der Waals surface area (Å²) in [4.78, 5) is 19.5. The number of aliphatic carboxylic acids is 2. The Morgan fingerprint density at radius 2 is 1.24 bits per heavy atom. The Balaban J connectivity index is 0.000000318. The number of aromatic hydroxyl groups is 1. The van der Waals surface area contributed by atoms with Crippen LogP contribution in [0.15, 0.2) is 30.3 Å². The minimum Gasteiger partial charge on any atom is -0.508 e. The quantitative estimate of drug-likeness (QED) is 0.473. The van der Waals surface area contributed by atoms with Gasteiger partial charge >= 0.3 is 11.9 Å². The molecular weight excluding hydrogens is 232 g/mol. The van der Waals surface area contributed by atoms with Crippen molar-refractivity contribution in [3.8, 4) is 5.75 Å². The third-order valence-electron chi connectivity index (χ3n) is 1.56. The van der Waals surface area contributed by atoms with E-state index >= 15 is 0 Å². The SMILES string of the molecule is O=C(O)C(O)C(O)C(=O)O.Oc1ccccc1. The van der Waals surface area contributed by atoms with E-state index in [1.54, 1.807) is 24.3 Å². The van der Waals surface area contributed by atoms with Crippen molar-refractivity contribution in [1.82, 2.24) is 0 Å². The van der Waals surface area contributed by atoms with Crippen molar-refractivity contribution >= 4 is 11.9 Å². The summed E-state index contributed by atoms with van der Waals surface area (Å²) in [5.74, 6) is -3.22. The molecular formula is C10H12O7. The standard InChI is InChI=1S/C6H6O.C4H6O6/c7-6-4-2-1-3-5-6;5-1(3(7)8)2(6)4(9)10/h1-5,7H;1-2,5-6H,(H,7,8)(H,9,10). The Bertz CT molecular complexity index is 344. The first kappa shape index (κ1) is 14.9. The summed E-state index contributed by atoms with van der Waals surface area (Å²) in [6, 6.07) is 8.71. The molecule has 0 aliphatic heterocycles. The topological polar surface area (TPSA) is 135 Å². The van der Waals surface area contributed by atoms with Gasteiger partial charge in [0, 0.05) is 0 Å². The van der Waals surface area contributed by atoms with E-state index < -0.39 is 24.1 Å². The van der Waals surface area contributed by atoms with Crippen LogP contribution in [0.2, 0.25) is 0 Å². The number of rotatable bonds is 3. The lowest BCUT2D eigenvalue weighted by Gasteiger charge is -2.07. The molecule has 0 bridgehead atoms. The molecule has 1 aromatic rings. The molecule has 0 aliphatic rings.